The molecule has 0 aliphatic heterocycles. The Bertz CT molecular complexity index is 537. The van der Waals surface area contributed by atoms with E-state index in [-0.39, 0.29) is 6.61 Å². The van der Waals surface area contributed by atoms with Crippen molar-refractivity contribution in [1.82, 2.24) is 19.6 Å². The van der Waals surface area contributed by atoms with Crippen molar-refractivity contribution in [3.63, 3.8) is 0 Å². The monoisotopic (exact) mass is 236 g/mol. The molecule has 90 valence electrons. The Morgan fingerprint density at radius 1 is 1.47 bits per heavy atom. The normalized spacial score (nSPS) is 10.7. The number of carbonyl (C=O) groups excluding carboxylic acids is 1. The van der Waals surface area contributed by atoms with Gasteiger partial charge in [0.15, 0.2) is 0 Å². The van der Waals surface area contributed by atoms with E-state index >= 15 is 0 Å². The molecule has 0 aromatic carbocycles. The van der Waals surface area contributed by atoms with Gasteiger partial charge in [0.05, 0.1) is 18.9 Å². The summed E-state index contributed by atoms with van der Waals surface area (Å²) >= 11 is 0. The second-order valence-electron chi connectivity index (χ2n) is 3.24. The summed E-state index contributed by atoms with van der Waals surface area (Å²) in [7, 11) is 1.54. The van der Waals surface area contributed by atoms with Crippen LogP contribution in [-0.4, -0.2) is 39.3 Å². The molecular formula is C10H12N4O3. The second-order valence-corrected chi connectivity index (χ2v) is 3.24. The number of hydrogen-bond acceptors (Lipinski definition) is 6. The van der Waals surface area contributed by atoms with Gasteiger partial charge in [0.1, 0.15) is 11.9 Å². The Hall–Kier alpha value is -2.02. The minimum atomic E-state index is -0.440. The SMILES string of the molecule is CCOC(=O)c1cnc2ncnn2c1COC. The predicted molar refractivity (Wildman–Crippen MR) is 57.5 cm³/mol. The number of fused-ring (bicyclic) bond motifs is 1. The Kier molecular flexibility index (Phi) is 3.29. The standard InChI is InChI=1S/C10H12N4O3/c1-3-17-9(15)7-4-11-10-12-6-13-14(10)8(7)5-16-2/h4,6H,3,5H2,1-2H3. The van der Waals surface area contributed by atoms with E-state index in [2.05, 4.69) is 15.1 Å². The average Bonchev–Trinajstić information content (AvgIpc) is 2.78. The van der Waals surface area contributed by atoms with Crippen LogP contribution in [-0.2, 0) is 16.1 Å². The van der Waals surface area contributed by atoms with Gasteiger partial charge in [-0.05, 0) is 6.92 Å². The molecule has 0 saturated carbocycles. The van der Waals surface area contributed by atoms with Gasteiger partial charge in [-0.25, -0.2) is 9.78 Å². The molecule has 0 amide bonds. The first-order chi connectivity index (χ1) is 8.27. The summed E-state index contributed by atoms with van der Waals surface area (Å²) in [5.41, 5.74) is 0.917. The molecular weight excluding hydrogens is 224 g/mol. The molecule has 0 N–H and O–H groups in total. The van der Waals surface area contributed by atoms with Crippen LogP contribution in [0.1, 0.15) is 23.0 Å². The molecule has 0 spiro atoms. The summed E-state index contributed by atoms with van der Waals surface area (Å²) in [5.74, 6) is -0.0189. The Morgan fingerprint density at radius 3 is 3.00 bits per heavy atom. The summed E-state index contributed by atoms with van der Waals surface area (Å²) < 4.78 is 11.5. The average molecular weight is 236 g/mol. The van der Waals surface area contributed by atoms with Gasteiger partial charge >= 0.3 is 5.97 Å². The predicted octanol–water partition coefficient (Wildman–Crippen LogP) is 0.447. The molecule has 2 rings (SSSR count). The van der Waals surface area contributed by atoms with Crippen molar-refractivity contribution >= 4 is 11.7 Å². The fraction of sp³-hybridized carbons (Fsp3) is 0.400. The molecule has 17 heavy (non-hydrogen) atoms. The minimum Gasteiger partial charge on any atom is -0.462 e. The molecule has 0 fully saturated rings. The van der Waals surface area contributed by atoms with Crippen molar-refractivity contribution in [1.29, 1.82) is 0 Å². The van der Waals surface area contributed by atoms with E-state index in [1.54, 1.807) is 6.92 Å². The molecule has 2 aromatic heterocycles. The van der Waals surface area contributed by atoms with E-state index < -0.39 is 5.97 Å². The van der Waals surface area contributed by atoms with Crippen molar-refractivity contribution in [2.75, 3.05) is 13.7 Å². The lowest BCUT2D eigenvalue weighted by Gasteiger charge is -2.08. The zero-order valence-corrected chi connectivity index (χ0v) is 9.58. The van der Waals surface area contributed by atoms with Gasteiger partial charge < -0.3 is 9.47 Å². The van der Waals surface area contributed by atoms with Crippen LogP contribution in [0.15, 0.2) is 12.5 Å². The first kappa shape index (κ1) is 11.5. The Balaban J connectivity index is 2.53. The third kappa shape index (κ3) is 2.09. The van der Waals surface area contributed by atoms with Gasteiger partial charge in [0.2, 0.25) is 0 Å². The van der Waals surface area contributed by atoms with Crippen molar-refractivity contribution in [3.8, 4) is 0 Å². The first-order valence-corrected chi connectivity index (χ1v) is 5.11. The largest absolute Gasteiger partial charge is 0.462 e. The van der Waals surface area contributed by atoms with Crippen LogP contribution in [0.25, 0.3) is 5.78 Å². The van der Waals surface area contributed by atoms with Crippen molar-refractivity contribution in [2.24, 2.45) is 0 Å². The van der Waals surface area contributed by atoms with Gasteiger partial charge in [-0.3, -0.25) is 0 Å². The van der Waals surface area contributed by atoms with Crippen molar-refractivity contribution in [2.45, 2.75) is 13.5 Å². The number of aromatic nitrogens is 4. The van der Waals surface area contributed by atoms with E-state index in [9.17, 15) is 4.79 Å². The number of esters is 1. The van der Waals surface area contributed by atoms with E-state index in [1.165, 1.54) is 24.1 Å². The lowest BCUT2D eigenvalue weighted by molar-refractivity contribution is 0.0519. The summed E-state index contributed by atoms with van der Waals surface area (Å²) in [6, 6.07) is 0. The summed E-state index contributed by atoms with van der Waals surface area (Å²) in [6.45, 7) is 2.28. The molecule has 0 atom stereocenters. The number of ether oxygens (including phenoxy) is 2. The zero-order chi connectivity index (χ0) is 12.3. The molecule has 0 aliphatic rings. The maximum absolute atomic E-state index is 11.7. The molecule has 0 bridgehead atoms. The highest BCUT2D eigenvalue weighted by Crippen LogP contribution is 2.11. The van der Waals surface area contributed by atoms with Gasteiger partial charge in [-0.2, -0.15) is 14.6 Å². The summed E-state index contributed by atoms with van der Waals surface area (Å²) in [4.78, 5) is 19.7. The smallest absolute Gasteiger partial charge is 0.341 e. The minimum absolute atomic E-state index is 0.233. The maximum Gasteiger partial charge on any atom is 0.341 e. The van der Waals surface area contributed by atoms with Gasteiger partial charge in [0, 0.05) is 13.3 Å². The number of methoxy groups -OCH3 is 1. The van der Waals surface area contributed by atoms with Crippen LogP contribution in [0.3, 0.4) is 0 Å². The van der Waals surface area contributed by atoms with Crippen LogP contribution in [0.4, 0.5) is 0 Å². The van der Waals surface area contributed by atoms with E-state index in [4.69, 9.17) is 9.47 Å². The molecule has 0 saturated heterocycles. The molecule has 2 aromatic rings. The quantitative estimate of drug-likeness (QED) is 0.717. The molecule has 7 nitrogen and oxygen atoms in total. The summed E-state index contributed by atoms with van der Waals surface area (Å²) in [6.07, 6.45) is 2.80. The molecule has 2 heterocycles. The topological polar surface area (TPSA) is 78.6 Å². The fourth-order valence-electron chi connectivity index (χ4n) is 1.48. The van der Waals surface area contributed by atoms with E-state index in [0.29, 0.717) is 23.6 Å². The maximum atomic E-state index is 11.7. The highest BCUT2D eigenvalue weighted by Gasteiger charge is 2.17. The Labute approximate surface area is 97.4 Å². The van der Waals surface area contributed by atoms with Gasteiger partial charge in [-0.1, -0.05) is 0 Å². The van der Waals surface area contributed by atoms with Crippen LogP contribution in [0.5, 0.6) is 0 Å². The van der Waals surface area contributed by atoms with Crippen molar-refractivity contribution < 1.29 is 14.3 Å². The molecule has 0 radical (unpaired) electrons. The van der Waals surface area contributed by atoms with Crippen LogP contribution < -0.4 is 0 Å². The third-order valence-corrected chi connectivity index (χ3v) is 2.18. The second kappa shape index (κ2) is 4.88. The fourth-order valence-corrected chi connectivity index (χ4v) is 1.48. The third-order valence-electron chi connectivity index (χ3n) is 2.18. The zero-order valence-electron chi connectivity index (χ0n) is 9.58. The molecule has 7 heteroatoms. The van der Waals surface area contributed by atoms with Gasteiger partial charge in [-0.15, -0.1) is 0 Å². The van der Waals surface area contributed by atoms with Crippen molar-refractivity contribution in [3.05, 3.63) is 23.8 Å². The van der Waals surface area contributed by atoms with Crippen LogP contribution in [0.2, 0.25) is 0 Å². The van der Waals surface area contributed by atoms with Gasteiger partial charge in [0.25, 0.3) is 5.78 Å². The van der Waals surface area contributed by atoms with E-state index in [1.807, 2.05) is 0 Å². The summed E-state index contributed by atoms with van der Waals surface area (Å²) in [5, 5.41) is 4.00. The molecule has 0 aliphatic carbocycles. The number of hydrogen-bond donors (Lipinski definition) is 0. The molecule has 0 unspecified atom stereocenters. The first-order valence-electron chi connectivity index (χ1n) is 5.11. The number of nitrogens with zero attached hydrogens (tertiary/aromatic N) is 4. The lowest BCUT2D eigenvalue weighted by Crippen LogP contribution is -2.14. The highest BCUT2D eigenvalue weighted by molar-refractivity contribution is 5.90. The Morgan fingerprint density at radius 2 is 2.29 bits per heavy atom. The van der Waals surface area contributed by atoms with Crippen LogP contribution in [0, 0.1) is 0 Å². The highest BCUT2D eigenvalue weighted by atomic mass is 16.5. The van der Waals surface area contributed by atoms with E-state index in [0.717, 1.165) is 0 Å². The number of carbonyl (C=O) groups is 1. The number of rotatable bonds is 4. The lowest BCUT2D eigenvalue weighted by atomic mass is 10.2. The van der Waals surface area contributed by atoms with Crippen LogP contribution >= 0.6 is 0 Å².